The zero-order chi connectivity index (χ0) is 23.2. The van der Waals surface area contributed by atoms with Gasteiger partial charge in [0.1, 0.15) is 12.6 Å². The first-order chi connectivity index (χ1) is 16.0. The number of rotatable bonds is 7. The maximum Gasteiger partial charge on any atom is 0.415 e. The number of hydrogen-bond donors (Lipinski definition) is 1. The van der Waals surface area contributed by atoms with Crippen molar-refractivity contribution < 1.29 is 24.2 Å². The molecular weight excluding hydrogens is 420 g/mol. The van der Waals surface area contributed by atoms with E-state index in [1.807, 2.05) is 54.6 Å². The van der Waals surface area contributed by atoms with Gasteiger partial charge in [-0.2, -0.15) is 0 Å². The van der Waals surface area contributed by atoms with Gasteiger partial charge in [-0.1, -0.05) is 72.8 Å². The third-order valence-corrected chi connectivity index (χ3v) is 5.59. The number of carbonyl (C=O) groups excluding carboxylic acids is 2. The molecule has 7 nitrogen and oxygen atoms in total. The number of carbonyl (C=O) groups is 3. The first kappa shape index (κ1) is 22.1. The van der Waals surface area contributed by atoms with Crippen molar-refractivity contribution in [1.29, 1.82) is 0 Å². The Morgan fingerprint density at radius 3 is 1.97 bits per heavy atom. The van der Waals surface area contributed by atoms with E-state index < -0.39 is 18.1 Å². The van der Waals surface area contributed by atoms with E-state index in [1.165, 1.54) is 0 Å². The molecule has 1 N–H and O–H groups in total. The fourth-order valence-corrected chi connectivity index (χ4v) is 3.88. The molecular formula is C26H24N2O5. The van der Waals surface area contributed by atoms with Gasteiger partial charge in [0.05, 0.1) is 6.42 Å². The lowest BCUT2D eigenvalue weighted by Gasteiger charge is -2.29. The van der Waals surface area contributed by atoms with Crippen molar-refractivity contribution in [2.75, 3.05) is 4.90 Å². The largest absolute Gasteiger partial charge is 0.480 e. The summed E-state index contributed by atoms with van der Waals surface area (Å²) in [6, 6.07) is 23.8. The molecule has 0 bridgehead atoms. The molecule has 0 saturated carbocycles. The maximum atomic E-state index is 13.1. The Kier molecular flexibility index (Phi) is 6.69. The maximum absolute atomic E-state index is 13.1. The lowest BCUT2D eigenvalue weighted by Crippen LogP contribution is -2.48. The quantitative estimate of drug-likeness (QED) is 0.590. The first-order valence-electron chi connectivity index (χ1n) is 10.7. The standard InChI is InChI=1S/C26H24N2O5/c29-24(27-16-20-11-7-8-12-21(20)17-27)15-23(25(30)31)28(22-13-5-2-6-14-22)26(32)33-18-19-9-3-1-4-10-19/h1-14,23H,15-18H2,(H,30,31). The van der Waals surface area contributed by atoms with Crippen molar-refractivity contribution in [3.05, 3.63) is 102 Å². The van der Waals surface area contributed by atoms with Gasteiger partial charge >= 0.3 is 12.1 Å². The van der Waals surface area contributed by atoms with Gasteiger partial charge in [0.25, 0.3) is 0 Å². The Morgan fingerprint density at radius 1 is 0.848 bits per heavy atom. The van der Waals surface area contributed by atoms with Crippen LogP contribution in [0.5, 0.6) is 0 Å². The van der Waals surface area contributed by atoms with E-state index in [9.17, 15) is 19.5 Å². The second-order valence-electron chi connectivity index (χ2n) is 7.82. The van der Waals surface area contributed by atoms with Gasteiger partial charge in [0.2, 0.25) is 5.91 Å². The van der Waals surface area contributed by atoms with Crippen molar-refractivity contribution in [2.24, 2.45) is 0 Å². The molecule has 7 heteroatoms. The molecule has 0 fully saturated rings. The highest BCUT2D eigenvalue weighted by Crippen LogP contribution is 2.25. The van der Waals surface area contributed by atoms with Crippen LogP contribution in [0.3, 0.4) is 0 Å². The van der Waals surface area contributed by atoms with E-state index in [2.05, 4.69) is 0 Å². The number of benzene rings is 3. The van der Waals surface area contributed by atoms with Crippen LogP contribution in [0.4, 0.5) is 10.5 Å². The highest BCUT2D eigenvalue weighted by atomic mass is 16.6. The van der Waals surface area contributed by atoms with Gasteiger partial charge in [-0.25, -0.2) is 9.59 Å². The second kappa shape index (κ2) is 9.99. The van der Waals surface area contributed by atoms with Crippen LogP contribution in [0.2, 0.25) is 0 Å². The van der Waals surface area contributed by atoms with E-state index in [1.54, 1.807) is 35.2 Å². The lowest BCUT2D eigenvalue weighted by molar-refractivity contribution is -0.142. The number of carboxylic acid groups (broad SMARTS) is 1. The Labute approximate surface area is 191 Å². The smallest absolute Gasteiger partial charge is 0.415 e. The number of para-hydroxylation sites is 1. The van der Waals surface area contributed by atoms with Gasteiger partial charge in [-0.05, 0) is 28.8 Å². The van der Waals surface area contributed by atoms with Gasteiger partial charge in [0.15, 0.2) is 0 Å². The number of ether oxygens (including phenoxy) is 1. The van der Waals surface area contributed by atoms with Crippen molar-refractivity contribution in [1.82, 2.24) is 4.90 Å². The predicted molar refractivity (Wildman–Crippen MR) is 122 cm³/mol. The molecule has 0 radical (unpaired) electrons. The number of fused-ring (bicyclic) bond motifs is 1. The number of carboxylic acids is 1. The van der Waals surface area contributed by atoms with Crippen LogP contribution in [0.1, 0.15) is 23.1 Å². The molecule has 1 aliphatic rings. The normalized spacial score (nSPS) is 13.2. The summed E-state index contributed by atoms with van der Waals surface area (Å²) in [6.45, 7) is 0.834. The van der Waals surface area contributed by atoms with Gasteiger partial charge < -0.3 is 14.7 Å². The SMILES string of the molecule is O=C(O)C(CC(=O)N1Cc2ccccc2C1)N(C(=O)OCc1ccccc1)c1ccccc1. The van der Waals surface area contributed by atoms with Crippen LogP contribution in [0, 0.1) is 0 Å². The highest BCUT2D eigenvalue weighted by Gasteiger charge is 2.36. The van der Waals surface area contributed by atoms with E-state index in [0.29, 0.717) is 18.8 Å². The van der Waals surface area contributed by atoms with Crippen LogP contribution >= 0.6 is 0 Å². The summed E-state index contributed by atoms with van der Waals surface area (Å²) in [5, 5.41) is 9.98. The van der Waals surface area contributed by atoms with Crippen LogP contribution in [-0.2, 0) is 34.0 Å². The molecule has 168 valence electrons. The summed E-state index contributed by atoms with van der Waals surface area (Å²) >= 11 is 0. The first-order valence-corrected chi connectivity index (χ1v) is 10.7. The summed E-state index contributed by atoms with van der Waals surface area (Å²) in [4.78, 5) is 41.0. The van der Waals surface area contributed by atoms with Crippen molar-refractivity contribution in [3.8, 4) is 0 Å². The minimum absolute atomic E-state index is 0.00920. The number of nitrogens with zero attached hydrogens (tertiary/aromatic N) is 2. The average Bonchev–Trinajstić information content (AvgIpc) is 3.28. The molecule has 3 aromatic carbocycles. The molecule has 1 unspecified atom stereocenters. The van der Waals surface area contributed by atoms with Gasteiger partial charge in [-0.3, -0.25) is 9.69 Å². The fourth-order valence-electron chi connectivity index (χ4n) is 3.88. The van der Waals surface area contributed by atoms with Crippen LogP contribution in [0.25, 0.3) is 0 Å². The molecule has 0 aliphatic carbocycles. The Morgan fingerprint density at radius 2 is 1.39 bits per heavy atom. The highest BCUT2D eigenvalue weighted by molar-refractivity contribution is 5.97. The van der Waals surface area contributed by atoms with Crippen molar-refractivity contribution in [2.45, 2.75) is 32.2 Å². The van der Waals surface area contributed by atoms with Gasteiger partial charge in [0, 0.05) is 18.8 Å². The fraction of sp³-hybridized carbons (Fsp3) is 0.192. The minimum atomic E-state index is -1.41. The molecule has 33 heavy (non-hydrogen) atoms. The molecule has 0 spiro atoms. The van der Waals surface area contributed by atoms with Crippen LogP contribution < -0.4 is 4.90 Å². The molecule has 2 amide bonds. The summed E-state index contributed by atoms with van der Waals surface area (Å²) < 4.78 is 5.43. The number of hydrogen-bond acceptors (Lipinski definition) is 4. The van der Waals surface area contributed by atoms with E-state index in [-0.39, 0.29) is 18.9 Å². The molecule has 1 aliphatic heterocycles. The predicted octanol–water partition coefficient (Wildman–Crippen LogP) is 4.22. The Bertz CT molecular complexity index is 1110. The summed E-state index contributed by atoms with van der Waals surface area (Å²) in [7, 11) is 0. The van der Waals surface area contributed by atoms with Crippen LogP contribution in [-0.4, -0.2) is 34.0 Å². The topological polar surface area (TPSA) is 87.2 Å². The molecule has 0 aromatic heterocycles. The number of anilines is 1. The van der Waals surface area contributed by atoms with Crippen molar-refractivity contribution in [3.63, 3.8) is 0 Å². The number of aliphatic carboxylic acids is 1. The average molecular weight is 444 g/mol. The zero-order valence-electron chi connectivity index (χ0n) is 18.0. The minimum Gasteiger partial charge on any atom is -0.480 e. The summed E-state index contributed by atoms with van der Waals surface area (Å²) in [6.07, 6.45) is -1.19. The summed E-state index contributed by atoms with van der Waals surface area (Å²) in [5.74, 6) is -1.61. The third-order valence-electron chi connectivity index (χ3n) is 5.59. The number of amides is 2. The molecule has 3 aromatic rings. The molecule has 0 saturated heterocycles. The Balaban J connectivity index is 1.53. The van der Waals surface area contributed by atoms with E-state index in [0.717, 1.165) is 21.6 Å². The molecule has 1 heterocycles. The van der Waals surface area contributed by atoms with E-state index in [4.69, 9.17) is 4.74 Å². The van der Waals surface area contributed by atoms with E-state index >= 15 is 0 Å². The van der Waals surface area contributed by atoms with Crippen molar-refractivity contribution >= 4 is 23.7 Å². The lowest BCUT2D eigenvalue weighted by atomic mass is 10.1. The summed E-state index contributed by atoms with van der Waals surface area (Å²) in [5.41, 5.74) is 3.21. The zero-order valence-corrected chi connectivity index (χ0v) is 18.0. The molecule has 1 atom stereocenters. The second-order valence-corrected chi connectivity index (χ2v) is 7.82. The molecule has 4 rings (SSSR count). The van der Waals surface area contributed by atoms with Crippen LogP contribution in [0.15, 0.2) is 84.9 Å². The Hall–Kier alpha value is -4.13. The third kappa shape index (κ3) is 5.20. The monoisotopic (exact) mass is 444 g/mol. The van der Waals surface area contributed by atoms with Gasteiger partial charge in [-0.15, -0.1) is 0 Å².